The van der Waals surface area contributed by atoms with Gasteiger partial charge in [0, 0.05) is 12.1 Å². The first-order valence-corrected chi connectivity index (χ1v) is 10.0. The highest BCUT2D eigenvalue weighted by Gasteiger charge is 2.25. The molecule has 6 heteroatoms. The Bertz CT molecular complexity index is 807. The Morgan fingerprint density at radius 1 is 0.966 bits per heavy atom. The molecule has 1 heterocycles. The molecule has 1 N–H and O–H groups in total. The van der Waals surface area contributed by atoms with E-state index in [-0.39, 0.29) is 11.9 Å². The zero-order chi connectivity index (χ0) is 20.6. The number of carbonyl (C=O) groups is 1. The van der Waals surface area contributed by atoms with Gasteiger partial charge in [0.1, 0.15) is 17.2 Å². The lowest BCUT2D eigenvalue weighted by Gasteiger charge is -2.30. The average Bonchev–Trinajstić information content (AvgIpc) is 2.99. The Labute approximate surface area is 172 Å². The minimum Gasteiger partial charge on any atom is -0.497 e. The summed E-state index contributed by atoms with van der Waals surface area (Å²) in [5, 5.41) is 2.99. The van der Waals surface area contributed by atoms with Crippen LogP contribution in [0.3, 0.4) is 0 Å². The fraction of sp³-hybridized carbons (Fsp3) is 0.435. The first-order chi connectivity index (χ1) is 14.1. The number of hydrogen-bond acceptors (Lipinski definition) is 5. The Hall–Kier alpha value is -2.73. The minimum absolute atomic E-state index is 0.0473. The molecule has 0 bridgehead atoms. The number of ether oxygens (including phenoxy) is 3. The molecule has 1 fully saturated rings. The minimum atomic E-state index is -0.0473. The Morgan fingerprint density at radius 3 is 2.38 bits per heavy atom. The predicted molar refractivity (Wildman–Crippen MR) is 114 cm³/mol. The molecular formula is C23H30N2O4. The zero-order valence-electron chi connectivity index (χ0n) is 17.4. The highest BCUT2D eigenvalue weighted by Crippen LogP contribution is 2.32. The number of nitrogens with one attached hydrogen (secondary N) is 1. The standard InChI is InChI=1S/C23H30N2O4/c1-27-18-10-8-17(9-11-18)21-7-5-4-6-14-25(21)16-23(26)24-20-13-12-19(28-2)15-22(20)29-3/h8-13,15,21H,4-7,14,16H2,1-3H3,(H,24,26)/t21-/m1/s1. The van der Waals surface area contributed by atoms with Gasteiger partial charge in [-0.1, -0.05) is 25.0 Å². The third-order valence-electron chi connectivity index (χ3n) is 5.39. The fourth-order valence-electron chi connectivity index (χ4n) is 3.84. The van der Waals surface area contributed by atoms with Crippen LogP contribution in [0.1, 0.15) is 37.3 Å². The van der Waals surface area contributed by atoms with Crippen LogP contribution in [-0.2, 0) is 4.79 Å². The van der Waals surface area contributed by atoms with Crippen molar-refractivity contribution in [1.29, 1.82) is 0 Å². The van der Waals surface area contributed by atoms with Crippen molar-refractivity contribution < 1.29 is 19.0 Å². The summed E-state index contributed by atoms with van der Waals surface area (Å²) < 4.78 is 15.9. The van der Waals surface area contributed by atoms with E-state index in [2.05, 4.69) is 22.3 Å². The molecule has 0 saturated carbocycles. The van der Waals surface area contributed by atoms with Gasteiger partial charge in [0.25, 0.3) is 0 Å². The van der Waals surface area contributed by atoms with Crippen LogP contribution in [0.25, 0.3) is 0 Å². The van der Waals surface area contributed by atoms with Crippen LogP contribution in [0, 0.1) is 0 Å². The SMILES string of the molecule is COc1ccc([C@H]2CCCCCN2CC(=O)Nc2ccc(OC)cc2OC)cc1. The van der Waals surface area contributed by atoms with E-state index in [1.54, 1.807) is 33.5 Å². The number of likely N-dealkylation sites (tertiary alicyclic amines) is 1. The number of nitrogens with zero attached hydrogens (tertiary/aromatic N) is 1. The first-order valence-electron chi connectivity index (χ1n) is 10.0. The molecule has 1 aliphatic rings. The quantitative estimate of drug-likeness (QED) is 0.755. The zero-order valence-corrected chi connectivity index (χ0v) is 17.4. The molecule has 1 saturated heterocycles. The van der Waals surface area contributed by atoms with Crippen molar-refractivity contribution in [2.45, 2.75) is 31.7 Å². The van der Waals surface area contributed by atoms with Crippen LogP contribution in [-0.4, -0.2) is 45.2 Å². The van der Waals surface area contributed by atoms with Gasteiger partial charge in [-0.05, 0) is 49.2 Å². The van der Waals surface area contributed by atoms with Gasteiger partial charge >= 0.3 is 0 Å². The fourth-order valence-corrected chi connectivity index (χ4v) is 3.84. The molecule has 1 atom stereocenters. The third-order valence-corrected chi connectivity index (χ3v) is 5.39. The van der Waals surface area contributed by atoms with E-state index in [0.717, 1.165) is 25.1 Å². The molecule has 2 aromatic rings. The molecule has 0 unspecified atom stereocenters. The molecule has 2 aromatic carbocycles. The van der Waals surface area contributed by atoms with E-state index in [1.807, 2.05) is 18.2 Å². The Morgan fingerprint density at radius 2 is 1.69 bits per heavy atom. The summed E-state index contributed by atoms with van der Waals surface area (Å²) in [7, 11) is 4.86. The summed E-state index contributed by atoms with van der Waals surface area (Å²) >= 11 is 0. The van der Waals surface area contributed by atoms with Gasteiger partial charge in [0.05, 0.1) is 33.6 Å². The molecule has 0 aromatic heterocycles. The Balaban J connectivity index is 1.72. The van der Waals surface area contributed by atoms with Gasteiger partial charge in [0.2, 0.25) is 5.91 Å². The van der Waals surface area contributed by atoms with E-state index in [4.69, 9.17) is 14.2 Å². The maximum Gasteiger partial charge on any atom is 0.238 e. The van der Waals surface area contributed by atoms with Crippen LogP contribution < -0.4 is 19.5 Å². The lowest BCUT2D eigenvalue weighted by atomic mass is 10.0. The van der Waals surface area contributed by atoms with Crippen LogP contribution >= 0.6 is 0 Å². The van der Waals surface area contributed by atoms with Crippen molar-refractivity contribution >= 4 is 11.6 Å². The number of rotatable bonds is 7. The van der Waals surface area contributed by atoms with Crippen molar-refractivity contribution in [3.8, 4) is 17.2 Å². The highest BCUT2D eigenvalue weighted by atomic mass is 16.5. The summed E-state index contributed by atoms with van der Waals surface area (Å²) in [4.78, 5) is 15.1. The van der Waals surface area contributed by atoms with Gasteiger partial charge in [0.15, 0.2) is 0 Å². The maximum atomic E-state index is 12.8. The maximum absolute atomic E-state index is 12.8. The smallest absolute Gasteiger partial charge is 0.238 e. The molecule has 6 nitrogen and oxygen atoms in total. The summed E-state index contributed by atoms with van der Waals surface area (Å²) in [6, 6.07) is 13.8. The molecule has 0 spiro atoms. The molecule has 0 aliphatic carbocycles. The molecule has 29 heavy (non-hydrogen) atoms. The van der Waals surface area contributed by atoms with Gasteiger partial charge in [-0.15, -0.1) is 0 Å². The highest BCUT2D eigenvalue weighted by molar-refractivity contribution is 5.93. The van der Waals surface area contributed by atoms with Gasteiger partial charge < -0.3 is 19.5 Å². The summed E-state index contributed by atoms with van der Waals surface area (Å²) in [5.74, 6) is 2.07. The van der Waals surface area contributed by atoms with Crippen LogP contribution in [0.5, 0.6) is 17.2 Å². The van der Waals surface area contributed by atoms with Crippen molar-refractivity contribution in [3.63, 3.8) is 0 Å². The average molecular weight is 399 g/mol. The topological polar surface area (TPSA) is 60.0 Å². The van der Waals surface area contributed by atoms with E-state index in [9.17, 15) is 4.79 Å². The molecule has 3 rings (SSSR count). The van der Waals surface area contributed by atoms with E-state index < -0.39 is 0 Å². The van der Waals surface area contributed by atoms with Crippen molar-refractivity contribution in [2.75, 3.05) is 39.7 Å². The third kappa shape index (κ3) is 5.41. The lowest BCUT2D eigenvalue weighted by molar-refractivity contribution is -0.117. The van der Waals surface area contributed by atoms with Crippen molar-refractivity contribution in [1.82, 2.24) is 4.90 Å². The second-order valence-electron chi connectivity index (χ2n) is 7.22. The predicted octanol–water partition coefficient (Wildman–Crippen LogP) is 4.27. The van der Waals surface area contributed by atoms with Crippen molar-refractivity contribution in [2.24, 2.45) is 0 Å². The van der Waals surface area contributed by atoms with Crippen LogP contribution in [0.15, 0.2) is 42.5 Å². The van der Waals surface area contributed by atoms with Crippen LogP contribution in [0.4, 0.5) is 5.69 Å². The number of carbonyl (C=O) groups excluding carboxylic acids is 1. The van der Waals surface area contributed by atoms with E-state index in [1.165, 1.54) is 18.4 Å². The molecule has 1 amide bonds. The number of hydrogen-bond donors (Lipinski definition) is 1. The summed E-state index contributed by atoms with van der Waals surface area (Å²) in [5.41, 5.74) is 1.87. The number of anilines is 1. The summed E-state index contributed by atoms with van der Waals surface area (Å²) in [6.45, 7) is 1.25. The largest absolute Gasteiger partial charge is 0.497 e. The summed E-state index contributed by atoms with van der Waals surface area (Å²) in [6.07, 6.45) is 4.51. The second-order valence-corrected chi connectivity index (χ2v) is 7.22. The molecule has 0 radical (unpaired) electrons. The monoisotopic (exact) mass is 398 g/mol. The molecule has 156 valence electrons. The first kappa shape index (κ1) is 21.0. The normalized spacial score (nSPS) is 17.3. The van der Waals surface area contributed by atoms with Gasteiger partial charge in [-0.3, -0.25) is 9.69 Å². The second kappa shape index (κ2) is 10.2. The van der Waals surface area contributed by atoms with E-state index in [0.29, 0.717) is 23.7 Å². The van der Waals surface area contributed by atoms with Crippen molar-refractivity contribution in [3.05, 3.63) is 48.0 Å². The van der Waals surface area contributed by atoms with Gasteiger partial charge in [-0.25, -0.2) is 0 Å². The Kier molecular flexibility index (Phi) is 7.36. The molecular weight excluding hydrogens is 368 g/mol. The lowest BCUT2D eigenvalue weighted by Crippen LogP contribution is -2.36. The number of methoxy groups -OCH3 is 3. The molecule has 1 aliphatic heterocycles. The number of amides is 1. The van der Waals surface area contributed by atoms with Gasteiger partial charge in [-0.2, -0.15) is 0 Å². The van der Waals surface area contributed by atoms with Crippen LogP contribution in [0.2, 0.25) is 0 Å². The number of benzene rings is 2. The van der Waals surface area contributed by atoms with E-state index >= 15 is 0 Å².